The minimum Gasteiger partial charge on any atom is -0.406 e. The highest BCUT2D eigenvalue weighted by Crippen LogP contribution is 2.35. The number of rotatable bonds is 3. The summed E-state index contributed by atoms with van der Waals surface area (Å²) in [7, 11) is 0. The van der Waals surface area contributed by atoms with Gasteiger partial charge < -0.3 is 4.74 Å². The zero-order valence-corrected chi connectivity index (χ0v) is 13.4. The van der Waals surface area contributed by atoms with Crippen LogP contribution in [0.1, 0.15) is 35.6 Å². The molecule has 0 saturated heterocycles. The minimum absolute atomic E-state index is 0.0709. The zero-order chi connectivity index (χ0) is 18.2. The van der Waals surface area contributed by atoms with Gasteiger partial charge in [-0.25, -0.2) is 8.78 Å². The van der Waals surface area contributed by atoms with E-state index in [2.05, 4.69) is 4.74 Å². The number of halogens is 5. The highest BCUT2D eigenvalue weighted by molar-refractivity contribution is 5.85. The van der Waals surface area contributed by atoms with E-state index in [-0.39, 0.29) is 11.3 Å². The van der Waals surface area contributed by atoms with E-state index in [1.54, 1.807) is 6.08 Å². The number of alkyl halides is 3. The summed E-state index contributed by atoms with van der Waals surface area (Å²) in [5.74, 6) is -1.54. The molecule has 1 nitrogen and oxygen atoms in total. The van der Waals surface area contributed by atoms with Crippen molar-refractivity contribution >= 4 is 11.6 Å². The van der Waals surface area contributed by atoms with E-state index in [0.717, 1.165) is 0 Å². The Morgan fingerprint density at radius 3 is 2.28 bits per heavy atom. The van der Waals surface area contributed by atoms with Crippen LogP contribution in [0.5, 0.6) is 5.75 Å². The van der Waals surface area contributed by atoms with E-state index >= 15 is 0 Å². The standard InChI is InChI=1S/C19H15F5O/c1-2-11-7-16(20)18(17(21)8-11)14-4-3-13-10-15(25-19(22,23)24)6-5-12(13)9-14/h5-10H,2-4H2,1H3. The molecule has 0 unspecified atom stereocenters. The molecule has 0 aliphatic heterocycles. The summed E-state index contributed by atoms with van der Waals surface area (Å²) in [5.41, 5.74) is 2.28. The van der Waals surface area contributed by atoms with Gasteiger partial charge in [0.05, 0.1) is 0 Å². The predicted octanol–water partition coefficient (Wildman–Crippen LogP) is 5.91. The molecule has 1 aliphatic carbocycles. The summed E-state index contributed by atoms with van der Waals surface area (Å²) in [6, 6.07) is 6.59. The van der Waals surface area contributed by atoms with Crippen LogP contribution in [0, 0.1) is 11.6 Å². The van der Waals surface area contributed by atoms with Crippen molar-refractivity contribution in [2.24, 2.45) is 0 Å². The molecule has 2 aromatic carbocycles. The Bertz CT molecular complexity index is 813. The van der Waals surface area contributed by atoms with Crippen LogP contribution in [-0.2, 0) is 12.8 Å². The quantitative estimate of drug-likeness (QED) is 0.623. The molecule has 0 spiro atoms. The number of allylic oxidation sites excluding steroid dienone is 1. The molecule has 0 aromatic heterocycles. The second kappa shape index (κ2) is 6.50. The molecule has 0 atom stereocenters. The van der Waals surface area contributed by atoms with E-state index in [0.29, 0.717) is 41.5 Å². The van der Waals surface area contributed by atoms with Gasteiger partial charge in [-0.1, -0.05) is 19.1 Å². The van der Waals surface area contributed by atoms with Crippen LogP contribution in [0.25, 0.3) is 11.6 Å². The van der Waals surface area contributed by atoms with Crippen LogP contribution in [0.15, 0.2) is 30.3 Å². The molecule has 0 N–H and O–H groups in total. The van der Waals surface area contributed by atoms with E-state index in [1.807, 2.05) is 6.92 Å². The van der Waals surface area contributed by atoms with Crippen molar-refractivity contribution in [3.05, 3.63) is 64.2 Å². The molecule has 0 amide bonds. The summed E-state index contributed by atoms with van der Waals surface area (Å²) in [6.45, 7) is 1.81. The lowest BCUT2D eigenvalue weighted by molar-refractivity contribution is -0.274. The van der Waals surface area contributed by atoms with Crippen LogP contribution in [0.3, 0.4) is 0 Å². The third kappa shape index (κ3) is 3.83. The fourth-order valence-corrected chi connectivity index (χ4v) is 3.00. The van der Waals surface area contributed by atoms with Gasteiger partial charge in [0.1, 0.15) is 17.4 Å². The Balaban J connectivity index is 1.96. The summed E-state index contributed by atoms with van der Waals surface area (Å²) in [5, 5.41) is 0. The Labute approximate surface area is 141 Å². The van der Waals surface area contributed by atoms with Gasteiger partial charge >= 0.3 is 6.36 Å². The normalized spacial score (nSPS) is 14.1. The highest BCUT2D eigenvalue weighted by atomic mass is 19.4. The molecule has 0 heterocycles. The SMILES string of the molecule is CCc1cc(F)c(C2=Cc3ccc(OC(F)(F)F)cc3CC2)c(F)c1. The maximum absolute atomic E-state index is 14.3. The Hall–Kier alpha value is -2.37. The molecule has 25 heavy (non-hydrogen) atoms. The van der Waals surface area contributed by atoms with Crippen molar-refractivity contribution in [2.45, 2.75) is 32.5 Å². The number of hydrogen-bond donors (Lipinski definition) is 0. The van der Waals surface area contributed by atoms with Gasteiger partial charge in [-0.05, 0) is 65.8 Å². The second-order valence-corrected chi connectivity index (χ2v) is 5.87. The largest absolute Gasteiger partial charge is 0.573 e. The van der Waals surface area contributed by atoms with Crippen LogP contribution in [0.4, 0.5) is 22.0 Å². The Kier molecular flexibility index (Phi) is 4.54. The van der Waals surface area contributed by atoms with Gasteiger partial charge in [-0.2, -0.15) is 0 Å². The van der Waals surface area contributed by atoms with Crippen molar-refractivity contribution in [1.82, 2.24) is 0 Å². The summed E-state index contributed by atoms with van der Waals surface area (Å²) >= 11 is 0. The van der Waals surface area contributed by atoms with Crippen molar-refractivity contribution in [3.63, 3.8) is 0 Å². The zero-order valence-electron chi connectivity index (χ0n) is 13.4. The fraction of sp³-hybridized carbons (Fsp3) is 0.263. The Morgan fingerprint density at radius 1 is 1.00 bits per heavy atom. The first-order chi connectivity index (χ1) is 11.8. The molecule has 0 radical (unpaired) electrons. The fourth-order valence-electron chi connectivity index (χ4n) is 3.00. The summed E-state index contributed by atoms with van der Waals surface area (Å²) in [4.78, 5) is 0. The average Bonchev–Trinajstić information content (AvgIpc) is 2.52. The lowest BCUT2D eigenvalue weighted by Gasteiger charge is -2.19. The van der Waals surface area contributed by atoms with E-state index in [1.165, 1.54) is 30.3 Å². The van der Waals surface area contributed by atoms with Gasteiger partial charge in [0, 0.05) is 5.56 Å². The molecule has 1 aliphatic rings. The topological polar surface area (TPSA) is 9.23 Å². The van der Waals surface area contributed by atoms with Gasteiger partial charge in [0.2, 0.25) is 0 Å². The smallest absolute Gasteiger partial charge is 0.406 e. The highest BCUT2D eigenvalue weighted by Gasteiger charge is 2.31. The summed E-state index contributed by atoms with van der Waals surface area (Å²) < 4.78 is 69.3. The average molecular weight is 354 g/mol. The molecule has 6 heteroatoms. The predicted molar refractivity (Wildman–Crippen MR) is 85.1 cm³/mol. The van der Waals surface area contributed by atoms with Crippen molar-refractivity contribution < 1.29 is 26.7 Å². The third-order valence-electron chi connectivity index (χ3n) is 4.17. The molecular weight excluding hydrogens is 339 g/mol. The van der Waals surface area contributed by atoms with Crippen molar-refractivity contribution in [2.75, 3.05) is 0 Å². The lowest BCUT2D eigenvalue weighted by atomic mass is 9.87. The number of hydrogen-bond acceptors (Lipinski definition) is 1. The number of fused-ring (bicyclic) bond motifs is 1. The maximum atomic E-state index is 14.3. The molecule has 3 rings (SSSR count). The number of ether oxygens (including phenoxy) is 1. The van der Waals surface area contributed by atoms with Crippen LogP contribution < -0.4 is 4.74 Å². The first kappa shape index (κ1) is 17.5. The van der Waals surface area contributed by atoms with E-state index < -0.39 is 18.0 Å². The Morgan fingerprint density at radius 2 is 1.68 bits per heavy atom. The summed E-state index contributed by atoms with van der Waals surface area (Å²) in [6.07, 6.45) is -1.90. The van der Waals surface area contributed by atoms with E-state index in [9.17, 15) is 22.0 Å². The number of aryl methyl sites for hydroxylation is 2. The first-order valence-corrected chi connectivity index (χ1v) is 7.84. The first-order valence-electron chi connectivity index (χ1n) is 7.84. The van der Waals surface area contributed by atoms with E-state index in [4.69, 9.17) is 0 Å². The van der Waals surface area contributed by atoms with Crippen LogP contribution in [0.2, 0.25) is 0 Å². The lowest BCUT2D eigenvalue weighted by Crippen LogP contribution is -2.17. The number of benzene rings is 2. The second-order valence-electron chi connectivity index (χ2n) is 5.87. The third-order valence-corrected chi connectivity index (χ3v) is 4.17. The van der Waals surface area contributed by atoms with Crippen molar-refractivity contribution in [1.29, 1.82) is 0 Å². The van der Waals surface area contributed by atoms with Gasteiger partial charge in [-0.3, -0.25) is 0 Å². The monoisotopic (exact) mass is 354 g/mol. The van der Waals surface area contributed by atoms with Crippen LogP contribution >= 0.6 is 0 Å². The maximum Gasteiger partial charge on any atom is 0.573 e. The van der Waals surface area contributed by atoms with Crippen LogP contribution in [-0.4, -0.2) is 6.36 Å². The van der Waals surface area contributed by atoms with Gasteiger partial charge in [0.25, 0.3) is 0 Å². The molecule has 0 fully saturated rings. The molecule has 0 bridgehead atoms. The molecule has 2 aromatic rings. The van der Waals surface area contributed by atoms with Gasteiger partial charge in [0.15, 0.2) is 0 Å². The van der Waals surface area contributed by atoms with Gasteiger partial charge in [-0.15, -0.1) is 13.2 Å². The molecule has 132 valence electrons. The van der Waals surface area contributed by atoms with Crippen molar-refractivity contribution in [3.8, 4) is 5.75 Å². The molecule has 0 saturated carbocycles. The minimum atomic E-state index is -4.75. The molecular formula is C19H15F5O.